The minimum atomic E-state index is -0.930. The van der Waals surface area contributed by atoms with Gasteiger partial charge in [0.15, 0.2) is 0 Å². The molecule has 0 aliphatic rings. The van der Waals surface area contributed by atoms with Crippen molar-refractivity contribution in [1.29, 1.82) is 0 Å². The van der Waals surface area contributed by atoms with Crippen LogP contribution in [-0.4, -0.2) is 25.2 Å². The Balaban J connectivity index is 2.89. The fraction of sp³-hybridized carbons (Fsp3) is 0.182. The van der Waals surface area contributed by atoms with Crippen LogP contribution in [0.3, 0.4) is 0 Å². The van der Waals surface area contributed by atoms with Gasteiger partial charge in [-0.2, -0.15) is 0 Å². The second-order valence-corrected chi connectivity index (χ2v) is 3.16. The molecule has 0 heterocycles. The van der Waals surface area contributed by atoms with E-state index in [1.165, 1.54) is 0 Å². The summed E-state index contributed by atoms with van der Waals surface area (Å²) in [4.78, 5) is 12.3. The number of carbonyl (C=O) groups is 1. The second kappa shape index (κ2) is 4.46. The van der Waals surface area contributed by atoms with Crippen LogP contribution < -0.4 is 4.90 Å². The molecule has 3 heteroatoms. The first-order valence-electron chi connectivity index (χ1n) is 4.28. The molecule has 3 nitrogen and oxygen atoms in total. The standard InChI is InChI=1S/C11H13NO2/c1-12(2)10-5-3-4-9(8-10)6-7-11(13)14/h3-8H,1-2H3,(H,13,14)/b7-6+. The van der Waals surface area contributed by atoms with E-state index in [0.29, 0.717) is 0 Å². The minimum Gasteiger partial charge on any atom is -0.478 e. The van der Waals surface area contributed by atoms with Gasteiger partial charge in [0.05, 0.1) is 0 Å². The van der Waals surface area contributed by atoms with Crippen molar-refractivity contribution >= 4 is 17.7 Å². The molecular formula is C11H13NO2. The molecule has 14 heavy (non-hydrogen) atoms. The van der Waals surface area contributed by atoms with Crippen molar-refractivity contribution in [2.75, 3.05) is 19.0 Å². The lowest BCUT2D eigenvalue weighted by Crippen LogP contribution is -2.08. The molecule has 1 N–H and O–H groups in total. The van der Waals surface area contributed by atoms with Crippen LogP contribution >= 0.6 is 0 Å². The molecule has 74 valence electrons. The molecule has 1 aromatic carbocycles. The fourth-order valence-corrected chi connectivity index (χ4v) is 1.07. The van der Waals surface area contributed by atoms with Gasteiger partial charge in [0.2, 0.25) is 0 Å². The third-order valence-corrected chi connectivity index (χ3v) is 1.80. The molecule has 0 fully saturated rings. The number of carboxylic acid groups (broad SMARTS) is 1. The van der Waals surface area contributed by atoms with E-state index < -0.39 is 5.97 Å². The smallest absolute Gasteiger partial charge is 0.328 e. The zero-order chi connectivity index (χ0) is 10.6. The van der Waals surface area contributed by atoms with Crippen LogP contribution in [-0.2, 0) is 4.79 Å². The highest BCUT2D eigenvalue weighted by atomic mass is 16.4. The van der Waals surface area contributed by atoms with Crippen LogP contribution in [0.5, 0.6) is 0 Å². The van der Waals surface area contributed by atoms with E-state index in [1.54, 1.807) is 6.08 Å². The monoisotopic (exact) mass is 191 g/mol. The van der Waals surface area contributed by atoms with Gasteiger partial charge in [-0.05, 0) is 23.8 Å². The van der Waals surface area contributed by atoms with Gasteiger partial charge in [-0.1, -0.05) is 12.1 Å². The van der Waals surface area contributed by atoms with Gasteiger partial charge in [0, 0.05) is 25.9 Å². The summed E-state index contributed by atoms with van der Waals surface area (Å²) in [6.07, 6.45) is 2.71. The van der Waals surface area contributed by atoms with Gasteiger partial charge in [-0.3, -0.25) is 0 Å². The van der Waals surface area contributed by atoms with Crippen LogP contribution in [0, 0.1) is 0 Å². The van der Waals surface area contributed by atoms with Gasteiger partial charge < -0.3 is 10.0 Å². The van der Waals surface area contributed by atoms with Crippen molar-refractivity contribution in [3.8, 4) is 0 Å². The van der Waals surface area contributed by atoms with E-state index in [0.717, 1.165) is 17.3 Å². The first-order chi connectivity index (χ1) is 6.59. The van der Waals surface area contributed by atoms with Gasteiger partial charge in [-0.15, -0.1) is 0 Å². The molecule has 0 aliphatic heterocycles. The first kappa shape index (κ1) is 10.3. The first-order valence-corrected chi connectivity index (χ1v) is 4.28. The van der Waals surface area contributed by atoms with E-state index >= 15 is 0 Å². The number of carboxylic acids is 1. The van der Waals surface area contributed by atoms with Crippen molar-refractivity contribution in [1.82, 2.24) is 0 Å². The number of nitrogens with zero attached hydrogens (tertiary/aromatic N) is 1. The van der Waals surface area contributed by atoms with Gasteiger partial charge >= 0.3 is 5.97 Å². The average molecular weight is 191 g/mol. The molecule has 0 spiro atoms. The Bertz CT molecular complexity index is 356. The molecule has 0 saturated carbocycles. The Hall–Kier alpha value is -1.77. The highest BCUT2D eigenvalue weighted by Gasteiger charge is 1.95. The molecule has 0 amide bonds. The SMILES string of the molecule is CN(C)c1cccc(/C=C/C(=O)O)c1. The number of anilines is 1. The molecule has 0 radical (unpaired) electrons. The number of benzene rings is 1. The molecule has 1 rings (SSSR count). The Morgan fingerprint density at radius 2 is 2.14 bits per heavy atom. The van der Waals surface area contributed by atoms with E-state index in [2.05, 4.69) is 0 Å². The molecule has 1 aromatic rings. The number of rotatable bonds is 3. The van der Waals surface area contributed by atoms with E-state index in [-0.39, 0.29) is 0 Å². The van der Waals surface area contributed by atoms with Gasteiger partial charge in [0.1, 0.15) is 0 Å². The van der Waals surface area contributed by atoms with E-state index in [4.69, 9.17) is 5.11 Å². The minimum absolute atomic E-state index is 0.888. The summed E-state index contributed by atoms with van der Waals surface area (Å²) >= 11 is 0. The van der Waals surface area contributed by atoms with Gasteiger partial charge in [0.25, 0.3) is 0 Å². The number of hydrogen-bond donors (Lipinski definition) is 1. The van der Waals surface area contributed by atoms with Crippen LogP contribution in [0.2, 0.25) is 0 Å². The quantitative estimate of drug-likeness (QED) is 0.741. The Morgan fingerprint density at radius 1 is 1.43 bits per heavy atom. The van der Waals surface area contributed by atoms with E-state index in [9.17, 15) is 4.79 Å². The lowest BCUT2D eigenvalue weighted by molar-refractivity contribution is -0.131. The summed E-state index contributed by atoms with van der Waals surface area (Å²) in [6.45, 7) is 0. The third kappa shape index (κ3) is 2.94. The lowest BCUT2D eigenvalue weighted by Gasteiger charge is -2.12. The average Bonchev–Trinajstić information content (AvgIpc) is 2.15. The molecule has 0 saturated heterocycles. The molecule has 0 bridgehead atoms. The summed E-state index contributed by atoms with van der Waals surface area (Å²) in [5.74, 6) is -0.930. The fourth-order valence-electron chi connectivity index (χ4n) is 1.07. The largest absolute Gasteiger partial charge is 0.478 e. The predicted molar refractivity (Wildman–Crippen MR) is 57.4 cm³/mol. The van der Waals surface area contributed by atoms with Crippen molar-refractivity contribution in [3.63, 3.8) is 0 Å². The summed E-state index contributed by atoms with van der Waals surface area (Å²) in [5.41, 5.74) is 1.94. The second-order valence-electron chi connectivity index (χ2n) is 3.16. The molecular weight excluding hydrogens is 178 g/mol. The van der Waals surface area contributed by atoms with Crippen LogP contribution in [0.25, 0.3) is 6.08 Å². The molecule has 0 atom stereocenters. The maximum absolute atomic E-state index is 10.3. The summed E-state index contributed by atoms with van der Waals surface area (Å²) < 4.78 is 0. The molecule has 0 aromatic heterocycles. The third-order valence-electron chi connectivity index (χ3n) is 1.80. The Kier molecular flexibility index (Phi) is 3.29. The zero-order valence-electron chi connectivity index (χ0n) is 8.27. The Labute approximate surface area is 83.3 Å². The zero-order valence-corrected chi connectivity index (χ0v) is 8.27. The van der Waals surface area contributed by atoms with E-state index in [1.807, 2.05) is 43.3 Å². The summed E-state index contributed by atoms with van der Waals surface area (Å²) in [5, 5.41) is 8.46. The Morgan fingerprint density at radius 3 is 2.71 bits per heavy atom. The summed E-state index contributed by atoms with van der Waals surface area (Å²) in [7, 11) is 3.89. The maximum Gasteiger partial charge on any atom is 0.328 e. The summed E-state index contributed by atoms with van der Waals surface area (Å²) in [6, 6.07) is 7.67. The number of hydrogen-bond acceptors (Lipinski definition) is 2. The van der Waals surface area contributed by atoms with Crippen molar-refractivity contribution in [3.05, 3.63) is 35.9 Å². The molecule has 0 aliphatic carbocycles. The van der Waals surface area contributed by atoms with Crippen LogP contribution in [0.1, 0.15) is 5.56 Å². The lowest BCUT2D eigenvalue weighted by atomic mass is 10.2. The number of aliphatic carboxylic acids is 1. The highest BCUT2D eigenvalue weighted by Crippen LogP contribution is 2.14. The predicted octanol–water partition coefficient (Wildman–Crippen LogP) is 1.85. The maximum atomic E-state index is 10.3. The van der Waals surface area contributed by atoms with Crippen molar-refractivity contribution in [2.45, 2.75) is 0 Å². The van der Waals surface area contributed by atoms with Crippen LogP contribution in [0.4, 0.5) is 5.69 Å². The van der Waals surface area contributed by atoms with Crippen LogP contribution in [0.15, 0.2) is 30.3 Å². The molecule has 0 unspecified atom stereocenters. The topological polar surface area (TPSA) is 40.5 Å². The van der Waals surface area contributed by atoms with Crippen molar-refractivity contribution < 1.29 is 9.90 Å². The highest BCUT2D eigenvalue weighted by molar-refractivity contribution is 5.85. The van der Waals surface area contributed by atoms with Crippen molar-refractivity contribution in [2.24, 2.45) is 0 Å². The van der Waals surface area contributed by atoms with Gasteiger partial charge in [-0.25, -0.2) is 4.79 Å². The normalized spacial score (nSPS) is 10.4.